The van der Waals surface area contributed by atoms with E-state index in [9.17, 15) is 9.59 Å². The minimum atomic E-state index is -1.16. The fraction of sp³-hybridized carbons (Fsp3) is 0. The number of anilines is 1. The summed E-state index contributed by atoms with van der Waals surface area (Å²) in [7, 11) is 0. The Morgan fingerprint density at radius 1 is 1.42 bits per heavy atom. The molecule has 0 saturated carbocycles. The number of aromatic nitrogens is 1. The predicted octanol–water partition coefficient (Wildman–Crippen LogP) is 2.07. The number of carbonyl (C=O) groups is 2. The van der Waals surface area contributed by atoms with E-state index in [4.69, 9.17) is 11.5 Å². The van der Waals surface area contributed by atoms with Crippen LogP contribution in [-0.2, 0) is 0 Å². The highest BCUT2D eigenvalue weighted by Crippen LogP contribution is 2.14. The predicted molar refractivity (Wildman–Crippen MR) is 71.4 cm³/mol. The summed E-state index contributed by atoms with van der Waals surface area (Å²) in [6.07, 6.45) is 5.26. The number of thiazole rings is 1. The number of carbonyl (C=O) groups excluding carboxylic acids is 1. The van der Waals surface area contributed by atoms with Crippen LogP contribution in [0.5, 0.6) is 0 Å². The third-order valence-electron chi connectivity index (χ3n) is 2.20. The number of terminal acetylenes is 1. The van der Waals surface area contributed by atoms with Crippen LogP contribution in [-0.4, -0.2) is 22.0 Å². The zero-order chi connectivity index (χ0) is 13.8. The third kappa shape index (κ3) is 2.97. The number of nitrogens with one attached hydrogen (secondary N) is 1. The van der Waals surface area contributed by atoms with E-state index >= 15 is 0 Å². The van der Waals surface area contributed by atoms with Crippen LogP contribution in [0.1, 0.15) is 25.9 Å². The molecule has 0 saturated heterocycles. The van der Waals surface area contributed by atoms with Crippen molar-refractivity contribution >= 4 is 28.9 Å². The van der Waals surface area contributed by atoms with Crippen LogP contribution in [0.25, 0.3) is 0 Å². The number of carboxylic acid groups (broad SMARTS) is 1. The number of nitrogens with zero attached hydrogens (tertiary/aromatic N) is 1. The normalized spacial score (nSPS) is 9.63. The highest BCUT2D eigenvalue weighted by atomic mass is 32.1. The molecule has 1 amide bonds. The van der Waals surface area contributed by atoms with Crippen LogP contribution in [0.3, 0.4) is 0 Å². The number of hydrogen-bond acceptors (Lipinski definition) is 4. The van der Waals surface area contributed by atoms with Gasteiger partial charge >= 0.3 is 5.97 Å². The van der Waals surface area contributed by atoms with Gasteiger partial charge in [0.05, 0.1) is 0 Å². The van der Waals surface area contributed by atoms with Crippen molar-refractivity contribution in [3.63, 3.8) is 0 Å². The van der Waals surface area contributed by atoms with Gasteiger partial charge in [-0.25, -0.2) is 9.78 Å². The Bertz CT molecular complexity index is 685. The first-order valence-electron chi connectivity index (χ1n) is 5.17. The van der Waals surface area contributed by atoms with Crippen LogP contribution in [0.4, 0.5) is 5.69 Å². The van der Waals surface area contributed by atoms with Gasteiger partial charge in [0.15, 0.2) is 10.7 Å². The zero-order valence-electron chi connectivity index (χ0n) is 9.58. The van der Waals surface area contributed by atoms with Gasteiger partial charge in [-0.1, -0.05) is 12.0 Å². The molecule has 1 aromatic carbocycles. The lowest BCUT2D eigenvalue weighted by molar-refractivity contribution is 0.0691. The molecule has 0 atom stereocenters. The lowest BCUT2D eigenvalue weighted by Gasteiger charge is -2.02. The Morgan fingerprint density at radius 3 is 2.84 bits per heavy atom. The van der Waals surface area contributed by atoms with Crippen molar-refractivity contribution in [3.05, 3.63) is 45.9 Å². The number of benzene rings is 1. The van der Waals surface area contributed by atoms with Crippen LogP contribution in [0, 0.1) is 12.3 Å². The highest BCUT2D eigenvalue weighted by molar-refractivity contribution is 7.12. The van der Waals surface area contributed by atoms with Gasteiger partial charge < -0.3 is 10.4 Å². The van der Waals surface area contributed by atoms with Crippen molar-refractivity contribution < 1.29 is 14.7 Å². The second kappa shape index (κ2) is 5.33. The van der Waals surface area contributed by atoms with Crippen LogP contribution < -0.4 is 5.32 Å². The molecule has 0 bridgehead atoms. The topological polar surface area (TPSA) is 79.3 Å². The summed E-state index contributed by atoms with van der Waals surface area (Å²) < 4.78 is 0. The van der Waals surface area contributed by atoms with E-state index in [2.05, 4.69) is 16.2 Å². The lowest BCUT2D eigenvalue weighted by Crippen LogP contribution is -2.12. The molecule has 2 rings (SSSR count). The zero-order valence-corrected chi connectivity index (χ0v) is 10.4. The molecule has 19 heavy (non-hydrogen) atoms. The van der Waals surface area contributed by atoms with Gasteiger partial charge in [-0.05, 0) is 18.2 Å². The molecular weight excluding hydrogens is 264 g/mol. The minimum absolute atomic E-state index is 0.0866. The first-order chi connectivity index (χ1) is 9.10. The smallest absolute Gasteiger partial charge is 0.355 e. The summed E-state index contributed by atoms with van der Waals surface area (Å²) in [4.78, 5) is 26.2. The van der Waals surface area contributed by atoms with E-state index in [1.807, 2.05) is 0 Å². The first kappa shape index (κ1) is 12.8. The standard InChI is InChI=1S/C13H8N2O3S/c1-2-8-4-3-5-9(6-8)14-11(16)12-15-10(7-19-12)13(17)18/h1,3-7H,(H,14,16)(H,17,18). The maximum absolute atomic E-state index is 11.8. The van der Waals surface area contributed by atoms with Crippen molar-refractivity contribution in [2.75, 3.05) is 5.32 Å². The van der Waals surface area contributed by atoms with Gasteiger partial charge in [0.2, 0.25) is 0 Å². The molecule has 0 aliphatic rings. The lowest BCUT2D eigenvalue weighted by atomic mass is 10.2. The molecule has 5 nitrogen and oxygen atoms in total. The number of rotatable bonds is 3. The molecule has 6 heteroatoms. The fourth-order valence-electron chi connectivity index (χ4n) is 1.35. The van der Waals surface area contributed by atoms with Gasteiger partial charge in [0.1, 0.15) is 0 Å². The fourth-order valence-corrected chi connectivity index (χ4v) is 2.03. The molecule has 0 aliphatic carbocycles. The molecule has 94 valence electrons. The monoisotopic (exact) mass is 272 g/mol. The minimum Gasteiger partial charge on any atom is -0.476 e. The molecular formula is C13H8N2O3S. The molecule has 0 fully saturated rings. The molecule has 0 aliphatic heterocycles. The van der Waals surface area contributed by atoms with E-state index in [0.29, 0.717) is 11.3 Å². The summed E-state index contributed by atoms with van der Waals surface area (Å²) in [5, 5.41) is 12.7. The van der Waals surface area contributed by atoms with Crippen LogP contribution in [0.2, 0.25) is 0 Å². The maximum atomic E-state index is 11.8. The summed E-state index contributed by atoms with van der Waals surface area (Å²) in [6.45, 7) is 0. The summed E-state index contributed by atoms with van der Waals surface area (Å²) in [6, 6.07) is 6.78. The molecule has 0 radical (unpaired) electrons. The third-order valence-corrected chi connectivity index (χ3v) is 3.05. The summed E-state index contributed by atoms with van der Waals surface area (Å²) in [5.41, 5.74) is 1.03. The van der Waals surface area contributed by atoms with Gasteiger partial charge in [0.25, 0.3) is 5.91 Å². The average Bonchev–Trinajstić information content (AvgIpc) is 2.89. The molecule has 1 aromatic heterocycles. The van der Waals surface area contributed by atoms with Crippen molar-refractivity contribution in [3.8, 4) is 12.3 Å². The second-order valence-electron chi connectivity index (χ2n) is 3.52. The Balaban J connectivity index is 2.16. The van der Waals surface area contributed by atoms with Crippen molar-refractivity contribution in [1.82, 2.24) is 4.98 Å². The Kier molecular flexibility index (Phi) is 3.59. The molecule has 1 heterocycles. The van der Waals surface area contributed by atoms with Gasteiger partial charge in [-0.3, -0.25) is 4.79 Å². The van der Waals surface area contributed by atoms with Gasteiger partial charge in [-0.2, -0.15) is 0 Å². The molecule has 2 aromatic rings. The van der Waals surface area contributed by atoms with Crippen LogP contribution in [0.15, 0.2) is 29.6 Å². The second-order valence-corrected chi connectivity index (χ2v) is 4.38. The van der Waals surface area contributed by atoms with Crippen molar-refractivity contribution in [2.45, 2.75) is 0 Å². The van der Waals surface area contributed by atoms with Crippen molar-refractivity contribution in [2.24, 2.45) is 0 Å². The number of aromatic carboxylic acids is 1. The Labute approximate surface area is 112 Å². The Morgan fingerprint density at radius 2 is 2.21 bits per heavy atom. The SMILES string of the molecule is C#Cc1cccc(NC(=O)c2nc(C(=O)O)cs2)c1. The highest BCUT2D eigenvalue weighted by Gasteiger charge is 2.14. The quantitative estimate of drug-likeness (QED) is 0.838. The van der Waals surface area contributed by atoms with E-state index in [1.54, 1.807) is 24.3 Å². The van der Waals surface area contributed by atoms with Gasteiger partial charge in [0, 0.05) is 16.6 Å². The summed E-state index contributed by atoms with van der Waals surface area (Å²) >= 11 is 0.971. The van der Waals surface area contributed by atoms with E-state index in [-0.39, 0.29) is 10.7 Å². The number of hydrogen-bond donors (Lipinski definition) is 2. The summed E-state index contributed by atoms with van der Waals surface area (Å²) in [5.74, 6) is 0.829. The molecule has 0 unspecified atom stereocenters. The number of amides is 1. The van der Waals surface area contributed by atoms with E-state index in [0.717, 1.165) is 11.3 Å². The molecule has 0 spiro atoms. The van der Waals surface area contributed by atoms with Gasteiger partial charge in [-0.15, -0.1) is 17.8 Å². The van der Waals surface area contributed by atoms with E-state index in [1.165, 1.54) is 5.38 Å². The maximum Gasteiger partial charge on any atom is 0.355 e. The first-order valence-corrected chi connectivity index (χ1v) is 6.05. The average molecular weight is 272 g/mol. The number of carboxylic acids is 1. The van der Waals surface area contributed by atoms with Crippen LogP contribution >= 0.6 is 11.3 Å². The largest absolute Gasteiger partial charge is 0.476 e. The van der Waals surface area contributed by atoms with Crippen molar-refractivity contribution in [1.29, 1.82) is 0 Å². The Hall–Kier alpha value is -2.65. The van der Waals surface area contributed by atoms with E-state index < -0.39 is 11.9 Å². The molecule has 2 N–H and O–H groups in total.